The molecule has 2 heterocycles. The molecule has 0 bridgehead atoms. The van der Waals surface area contributed by atoms with E-state index >= 15 is 0 Å². The summed E-state index contributed by atoms with van der Waals surface area (Å²) in [6.07, 6.45) is 0.286. The van der Waals surface area contributed by atoms with Crippen molar-refractivity contribution >= 4 is 22.9 Å². The first-order valence-corrected chi connectivity index (χ1v) is 9.96. The topological polar surface area (TPSA) is 48.0 Å². The van der Waals surface area contributed by atoms with Crippen molar-refractivity contribution in [2.75, 3.05) is 25.2 Å². The Bertz CT molecular complexity index is 938. The molecule has 0 spiro atoms. The number of carbonyl (C=O) groups is 1. The molecular weight excluding hydrogens is 374 g/mol. The van der Waals surface area contributed by atoms with Gasteiger partial charge >= 0.3 is 0 Å². The number of fused-ring (bicyclic) bond motifs is 1. The summed E-state index contributed by atoms with van der Waals surface area (Å²) < 4.78 is 16.4. The standard InChI is InChI=1S/C22H21NO4S/c1-25-18-7-5-17(6-8-18)23(15-19-3-2-12-28-19)22(24)14-16-4-9-20-21(13-16)27-11-10-26-20/h2-9,12-13H,10-11,14-15H2,1H3. The Morgan fingerprint density at radius 2 is 1.86 bits per heavy atom. The van der Waals surface area contributed by atoms with Gasteiger partial charge in [-0.15, -0.1) is 11.3 Å². The smallest absolute Gasteiger partial charge is 0.231 e. The average Bonchev–Trinajstić information content (AvgIpc) is 3.25. The molecule has 2 aromatic carbocycles. The predicted molar refractivity (Wildman–Crippen MR) is 110 cm³/mol. The second kappa shape index (κ2) is 8.35. The SMILES string of the molecule is COc1ccc(N(Cc2cccs2)C(=O)Cc2ccc3c(c2)OCCO3)cc1. The third kappa shape index (κ3) is 4.12. The van der Waals surface area contributed by atoms with Crippen LogP contribution in [-0.4, -0.2) is 26.2 Å². The van der Waals surface area contributed by atoms with E-state index in [1.54, 1.807) is 18.4 Å². The Kier molecular flexibility index (Phi) is 5.48. The second-order valence-electron chi connectivity index (χ2n) is 6.41. The molecule has 1 aliphatic rings. The molecule has 0 saturated carbocycles. The molecular formula is C22H21NO4S. The van der Waals surface area contributed by atoms with Crippen LogP contribution in [0.3, 0.4) is 0 Å². The van der Waals surface area contributed by atoms with Gasteiger partial charge in [-0.2, -0.15) is 0 Å². The molecule has 5 nitrogen and oxygen atoms in total. The van der Waals surface area contributed by atoms with Crippen LogP contribution in [0.2, 0.25) is 0 Å². The van der Waals surface area contributed by atoms with E-state index in [2.05, 4.69) is 0 Å². The van der Waals surface area contributed by atoms with Crippen LogP contribution in [0.1, 0.15) is 10.4 Å². The zero-order chi connectivity index (χ0) is 19.3. The molecule has 6 heteroatoms. The van der Waals surface area contributed by atoms with Crippen LogP contribution in [-0.2, 0) is 17.8 Å². The summed E-state index contributed by atoms with van der Waals surface area (Å²) in [5.74, 6) is 2.22. The first kappa shape index (κ1) is 18.4. The largest absolute Gasteiger partial charge is 0.497 e. The van der Waals surface area contributed by atoms with E-state index in [0.717, 1.165) is 27.6 Å². The molecule has 0 fully saturated rings. The summed E-state index contributed by atoms with van der Waals surface area (Å²) in [6.45, 7) is 1.62. The van der Waals surface area contributed by atoms with Gasteiger partial charge in [0.15, 0.2) is 11.5 Å². The first-order chi connectivity index (χ1) is 13.7. The number of amides is 1. The van der Waals surface area contributed by atoms with Crippen LogP contribution >= 0.6 is 11.3 Å². The maximum atomic E-state index is 13.2. The lowest BCUT2D eigenvalue weighted by molar-refractivity contribution is -0.118. The summed E-state index contributed by atoms with van der Waals surface area (Å²) in [5.41, 5.74) is 1.75. The molecule has 0 aliphatic carbocycles. The fourth-order valence-corrected chi connectivity index (χ4v) is 3.80. The van der Waals surface area contributed by atoms with E-state index in [9.17, 15) is 4.79 Å². The van der Waals surface area contributed by atoms with Crippen LogP contribution < -0.4 is 19.1 Å². The minimum atomic E-state index is 0.0234. The minimum absolute atomic E-state index is 0.0234. The highest BCUT2D eigenvalue weighted by molar-refractivity contribution is 7.09. The van der Waals surface area contributed by atoms with Crippen molar-refractivity contribution in [3.8, 4) is 17.2 Å². The zero-order valence-corrected chi connectivity index (χ0v) is 16.4. The number of methoxy groups -OCH3 is 1. The zero-order valence-electron chi connectivity index (χ0n) is 15.6. The lowest BCUT2D eigenvalue weighted by Gasteiger charge is -2.23. The highest BCUT2D eigenvalue weighted by Gasteiger charge is 2.19. The lowest BCUT2D eigenvalue weighted by atomic mass is 10.1. The number of carbonyl (C=O) groups excluding carboxylic acids is 1. The number of ether oxygens (including phenoxy) is 3. The van der Waals surface area contributed by atoms with Gasteiger partial charge < -0.3 is 19.1 Å². The van der Waals surface area contributed by atoms with Crippen molar-refractivity contribution < 1.29 is 19.0 Å². The van der Waals surface area contributed by atoms with Gasteiger partial charge in [0.05, 0.1) is 20.1 Å². The monoisotopic (exact) mass is 395 g/mol. The maximum absolute atomic E-state index is 13.2. The van der Waals surface area contributed by atoms with Crippen LogP contribution in [0, 0.1) is 0 Å². The maximum Gasteiger partial charge on any atom is 0.231 e. The number of benzene rings is 2. The quantitative estimate of drug-likeness (QED) is 0.624. The Morgan fingerprint density at radius 3 is 2.57 bits per heavy atom. The molecule has 28 heavy (non-hydrogen) atoms. The summed E-state index contributed by atoms with van der Waals surface area (Å²) in [7, 11) is 1.63. The van der Waals surface area contributed by atoms with Gasteiger partial charge in [-0.05, 0) is 53.4 Å². The molecule has 4 rings (SSSR count). The number of thiophene rings is 1. The van der Waals surface area contributed by atoms with E-state index in [4.69, 9.17) is 14.2 Å². The summed E-state index contributed by atoms with van der Waals surface area (Å²) in [4.78, 5) is 16.1. The Morgan fingerprint density at radius 1 is 1.07 bits per heavy atom. The average molecular weight is 395 g/mol. The van der Waals surface area contributed by atoms with Gasteiger partial charge in [0.1, 0.15) is 19.0 Å². The first-order valence-electron chi connectivity index (χ1n) is 9.08. The molecule has 0 N–H and O–H groups in total. The van der Waals surface area contributed by atoms with Gasteiger partial charge in [-0.1, -0.05) is 12.1 Å². The normalized spacial score (nSPS) is 12.5. The van der Waals surface area contributed by atoms with Crippen molar-refractivity contribution in [3.63, 3.8) is 0 Å². The van der Waals surface area contributed by atoms with Gasteiger partial charge in [-0.25, -0.2) is 0 Å². The van der Waals surface area contributed by atoms with Crippen LogP contribution in [0.15, 0.2) is 60.0 Å². The Hall–Kier alpha value is -2.99. The van der Waals surface area contributed by atoms with Gasteiger partial charge in [0.25, 0.3) is 0 Å². The second-order valence-corrected chi connectivity index (χ2v) is 7.44. The van der Waals surface area contributed by atoms with Crippen molar-refractivity contribution in [3.05, 3.63) is 70.4 Å². The Labute approximate surface area is 168 Å². The predicted octanol–water partition coefficient (Wildman–Crippen LogP) is 4.30. The number of hydrogen-bond donors (Lipinski definition) is 0. The number of anilines is 1. The molecule has 0 atom stereocenters. The molecule has 3 aromatic rings. The molecule has 0 unspecified atom stereocenters. The molecule has 144 valence electrons. The summed E-state index contributed by atoms with van der Waals surface area (Å²) in [5, 5.41) is 2.02. The van der Waals surface area contributed by atoms with Crippen LogP contribution in [0.25, 0.3) is 0 Å². The highest BCUT2D eigenvalue weighted by atomic mass is 32.1. The van der Waals surface area contributed by atoms with Gasteiger partial charge in [-0.3, -0.25) is 4.79 Å². The molecule has 1 amide bonds. The summed E-state index contributed by atoms with van der Waals surface area (Å²) in [6, 6.07) is 17.3. The number of rotatable bonds is 6. The number of nitrogens with zero attached hydrogens (tertiary/aromatic N) is 1. The van der Waals surface area contributed by atoms with Crippen molar-refractivity contribution in [1.82, 2.24) is 0 Å². The van der Waals surface area contributed by atoms with Gasteiger partial charge in [0.2, 0.25) is 5.91 Å². The third-order valence-corrected chi connectivity index (χ3v) is 5.40. The van der Waals surface area contributed by atoms with Crippen molar-refractivity contribution in [2.24, 2.45) is 0 Å². The highest BCUT2D eigenvalue weighted by Crippen LogP contribution is 2.31. The molecule has 0 saturated heterocycles. The van der Waals surface area contributed by atoms with E-state index in [-0.39, 0.29) is 12.3 Å². The van der Waals surface area contributed by atoms with E-state index in [1.807, 2.05) is 64.9 Å². The van der Waals surface area contributed by atoms with E-state index in [0.29, 0.717) is 25.5 Å². The van der Waals surface area contributed by atoms with Gasteiger partial charge in [0, 0.05) is 10.6 Å². The third-order valence-electron chi connectivity index (χ3n) is 4.54. The summed E-state index contributed by atoms with van der Waals surface area (Å²) >= 11 is 1.64. The fraction of sp³-hybridized carbons (Fsp3) is 0.227. The molecule has 1 aliphatic heterocycles. The van der Waals surface area contributed by atoms with Crippen molar-refractivity contribution in [2.45, 2.75) is 13.0 Å². The lowest BCUT2D eigenvalue weighted by Crippen LogP contribution is -2.31. The Balaban J connectivity index is 1.57. The van der Waals surface area contributed by atoms with E-state index in [1.165, 1.54) is 0 Å². The van der Waals surface area contributed by atoms with Crippen LogP contribution in [0.4, 0.5) is 5.69 Å². The van der Waals surface area contributed by atoms with Crippen molar-refractivity contribution in [1.29, 1.82) is 0 Å². The van der Waals surface area contributed by atoms with Crippen LogP contribution in [0.5, 0.6) is 17.2 Å². The molecule has 0 radical (unpaired) electrons. The van der Waals surface area contributed by atoms with E-state index < -0.39 is 0 Å². The fourth-order valence-electron chi connectivity index (χ4n) is 3.11. The molecule has 1 aromatic heterocycles. The minimum Gasteiger partial charge on any atom is -0.497 e. The number of hydrogen-bond acceptors (Lipinski definition) is 5.